The van der Waals surface area contributed by atoms with Crippen molar-refractivity contribution in [2.24, 2.45) is 16.8 Å². The van der Waals surface area contributed by atoms with Crippen molar-refractivity contribution in [1.29, 1.82) is 0 Å². The first-order valence-corrected chi connectivity index (χ1v) is 11.3. The van der Waals surface area contributed by atoms with E-state index in [4.69, 9.17) is 9.73 Å². The average molecular weight is 540 g/mol. The number of guanidine groups is 1. The van der Waals surface area contributed by atoms with Crippen LogP contribution in [0.2, 0.25) is 0 Å². The highest BCUT2D eigenvalue weighted by atomic mass is 127. The molecule has 0 aliphatic carbocycles. The number of ether oxygens (including phenoxy) is 1. The Hall–Kier alpha value is -0.650. The average Bonchev–Trinajstić information content (AvgIpc) is 2.72. The Morgan fingerprint density at radius 2 is 1.77 bits per heavy atom. The number of piperazine rings is 1. The van der Waals surface area contributed by atoms with Crippen LogP contribution in [-0.4, -0.2) is 110 Å². The lowest BCUT2D eigenvalue weighted by Crippen LogP contribution is -2.55. The van der Waals surface area contributed by atoms with E-state index in [-0.39, 0.29) is 36.5 Å². The molecule has 9 heteroatoms. The van der Waals surface area contributed by atoms with Gasteiger partial charge in [-0.05, 0) is 31.6 Å². The third-order valence-corrected chi connectivity index (χ3v) is 5.57. The molecule has 0 saturated carbocycles. The molecule has 0 spiro atoms. The van der Waals surface area contributed by atoms with Crippen molar-refractivity contribution in [3.63, 3.8) is 0 Å². The van der Waals surface area contributed by atoms with Crippen molar-refractivity contribution in [2.75, 3.05) is 78.7 Å². The van der Waals surface area contributed by atoms with Crippen LogP contribution < -0.4 is 5.32 Å². The van der Waals surface area contributed by atoms with Gasteiger partial charge in [0, 0.05) is 59.0 Å². The van der Waals surface area contributed by atoms with Gasteiger partial charge in [0.15, 0.2) is 5.96 Å². The molecule has 2 saturated heterocycles. The predicted molar refractivity (Wildman–Crippen MR) is 131 cm³/mol. The van der Waals surface area contributed by atoms with Gasteiger partial charge in [-0.2, -0.15) is 0 Å². The van der Waals surface area contributed by atoms with Crippen LogP contribution in [0.5, 0.6) is 0 Å². The van der Waals surface area contributed by atoms with Gasteiger partial charge >= 0.3 is 0 Å². The summed E-state index contributed by atoms with van der Waals surface area (Å²) in [5.74, 6) is 2.19. The Kier molecular flexibility index (Phi) is 13.9. The fourth-order valence-electron chi connectivity index (χ4n) is 4.00. The van der Waals surface area contributed by atoms with Crippen LogP contribution in [0.25, 0.3) is 0 Å². The first kappa shape index (κ1) is 27.4. The van der Waals surface area contributed by atoms with Crippen molar-refractivity contribution in [1.82, 2.24) is 20.0 Å². The number of amides is 1. The number of hydrogen-bond donors (Lipinski definition) is 2. The summed E-state index contributed by atoms with van der Waals surface area (Å²) in [6.45, 7) is 15.0. The number of hydrogen-bond acceptors (Lipinski definition) is 5. The summed E-state index contributed by atoms with van der Waals surface area (Å²) in [7, 11) is 0. The van der Waals surface area contributed by atoms with E-state index < -0.39 is 0 Å². The smallest absolute Gasteiger partial charge is 0.236 e. The van der Waals surface area contributed by atoms with Crippen molar-refractivity contribution >= 4 is 35.8 Å². The van der Waals surface area contributed by atoms with Crippen LogP contribution in [-0.2, 0) is 9.53 Å². The molecule has 8 nitrogen and oxygen atoms in total. The Bertz CT molecular complexity index is 507. The summed E-state index contributed by atoms with van der Waals surface area (Å²) in [6.07, 6.45) is 1.89. The summed E-state index contributed by atoms with van der Waals surface area (Å²) in [5.41, 5.74) is 0. The minimum atomic E-state index is 0. The molecular weight excluding hydrogens is 497 g/mol. The quantitative estimate of drug-likeness (QED) is 0.260. The third-order valence-electron chi connectivity index (χ3n) is 5.57. The monoisotopic (exact) mass is 539 g/mol. The molecule has 2 aliphatic heterocycles. The van der Waals surface area contributed by atoms with E-state index in [9.17, 15) is 9.90 Å². The van der Waals surface area contributed by atoms with Gasteiger partial charge in [0.25, 0.3) is 0 Å². The van der Waals surface area contributed by atoms with Gasteiger partial charge in [-0.3, -0.25) is 14.7 Å². The fraction of sp³-hybridized carbons (Fsp3) is 0.905. The number of carbonyl (C=O) groups is 1. The van der Waals surface area contributed by atoms with Gasteiger partial charge in [-0.15, -0.1) is 24.0 Å². The predicted octanol–water partition coefficient (Wildman–Crippen LogP) is 1.09. The van der Waals surface area contributed by atoms with Crippen molar-refractivity contribution in [3.8, 4) is 0 Å². The van der Waals surface area contributed by atoms with E-state index in [1.807, 2.05) is 4.90 Å². The number of aliphatic hydroxyl groups excluding tert-OH is 1. The summed E-state index contributed by atoms with van der Waals surface area (Å²) < 4.78 is 5.33. The van der Waals surface area contributed by atoms with E-state index in [0.29, 0.717) is 44.7 Å². The van der Waals surface area contributed by atoms with Crippen molar-refractivity contribution < 1.29 is 14.6 Å². The van der Waals surface area contributed by atoms with E-state index in [2.05, 4.69) is 35.9 Å². The molecule has 176 valence electrons. The lowest BCUT2D eigenvalue weighted by molar-refractivity contribution is -0.136. The second kappa shape index (κ2) is 15.2. The molecule has 0 aromatic carbocycles. The number of carbonyl (C=O) groups excluding carboxylic acids is 1. The van der Waals surface area contributed by atoms with E-state index in [1.165, 1.54) is 0 Å². The second-order valence-corrected chi connectivity index (χ2v) is 8.46. The molecule has 30 heavy (non-hydrogen) atoms. The molecule has 2 heterocycles. The molecule has 2 rings (SSSR count). The van der Waals surface area contributed by atoms with Crippen LogP contribution in [0.1, 0.15) is 33.6 Å². The molecule has 0 bridgehead atoms. The van der Waals surface area contributed by atoms with Gasteiger partial charge in [0.2, 0.25) is 5.91 Å². The third kappa shape index (κ3) is 9.65. The summed E-state index contributed by atoms with van der Waals surface area (Å²) in [5, 5.41) is 12.8. The van der Waals surface area contributed by atoms with Crippen molar-refractivity contribution in [2.45, 2.75) is 33.6 Å². The number of rotatable bonds is 9. The molecule has 0 radical (unpaired) electrons. The maximum atomic E-state index is 12.5. The zero-order valence-electron chi connectivity index (χ0n) is 19.0. The molecule has 1 unspecified atom stereocenters. The van der Waals surface area contributed by atoms with Gasteiger partial charge in [0.1, 0.15) is 0 Å². The zero-order chi connectivity index (χ0) is 21.1. The lowest BCUT2D eigenvalue weighted by atomic mass is 9.94. The number of halogens is 1. The van der Waals surface area contributed by atoms with Gasteiger partial charge < -0.3 is 25.0 Å². The SMILES string of the molecule is CCNC(=NCC(CCO)CC(C)C)N1CCN(CC(=O)N2CCOCC2)CC1.I. The first-order valence-electron chi connectivity index (χ1n) is 11.3. The van der Waals surface area contributed by atoms with Crippen molar-refractivity contribution in [3.05, 3.63) is 0 Å². The number of nitrogens with zero attached hydrogens (tertiary/aromatic N) is 4. The minimum absolute atomic E-state index is 0. The van der Waals surface area contributed by atoms with Crippen LogP contribution >= 0.6 is 24.0 Å². The highest BCUT2D eigenvalue weighted by Gasteiger charge is 2.24. The van der Waals surface area contributed by atoms with Crippen LogP contribution in [0, 0.1) is 11.8 Å². The van der Waals surface area contributed by atoms with E-state index >= 15 is 0 Å². The number of morpholine rings is 1. The standard InChI is InChI=1S/C21H41N5O3.HI/c1-4-22-21(23-16-19(5-12-27)15-18(2)3)26-8-6-24(7-9-26)17-20(28)25-10-13-29-14-11-25;/h18-19,27H,4-17H2,1-3H3,(H,22,23);1H. The van der Waals surface area contributed by atoms with Crippen LogP contribution in [0.4, 0.5) is 0 Å². The Labute approximate surface area is 199 Å². The van der Waals surface area contributed by atoms with Gasteiger partial charge in [0.05, 0.1) is 19.8 Å². The Morgan fingerprint density at radius 3 is 2.33 bits per heavy atom. The largest absolute Gasteiger partial charge is 0.396 e. The summed E-state index contributed by atoms with van der Waals surface area (Å²) >= 11 is 0. The number of aliphatic imine (C=N–C) groups is 1. The number of aliphatic hydroxyl groups is 1. The molecule has 0 aromatic rings. The maximum Gasteiger partial charge on any atom is 0.236 e. The molecular formula is C21H42IN5O3. The van der Waals surface area contributed by atoms with Gasteiger partial charge in [-0.1, -0.05) is 13.8 Å². The first-order chi connectivity index (χ1) is 14.0. The van der Waals surface area contributed by atoms with Gasteiger partial charge in [-0.25, -0.2) is 0 Å². The summed E-state index contributed by atoms with van der Waals surface area (Å²) in [4.78, 5) is 23.8. The Balaban J connectivity index is 0.00000450. The van der Waals surface area contributed by atoms with E-state index in [1.54, 1.807) is 0 Å². The molecule has 0 aromatic heterocycles. The highest BCUT2D eigenvalue weighted by molar-refractivity contribution is 14.0. The maximum absolute atomic E-state index is 12.5. The lowest BCUT2D eigenvalue weighted by Gasteiger charge is -2.37. The molecule has 1 atom stereocenters. The normalized spacial score (nSPS) is 19.6. The Morgan fingerprint density at radius 1 is 1.10 bits per heavy atom. The summed E-state index contributed by atoms with van der Waals surface area (Å²) in [6, 6.07) is 0. The molecule has 1 amide bonds. The molecule has 2 N–H and O–H groups in total. The molecule has 2 aliphatic rings. The van der Waals surface area contributed by atoms with E-state index in [0.717, 1.165) is 58.1 Å². The topological polar surface area (TPSA) is 80.6 Å². The second-order valence-electron chi connectivity index (χ2n) is 8.46. The molecule has 2 fully saturated rings. The minimum Gasteiger partial charge on any atom is -0.396 e. The van der Waals surface area contributed by atoms with Crippen LogP contribution in [0.3, 0.4) is 0 Å². The fourth-order valence-corrected chi connectivity index (χ4v) is 4.00. The zero-order valence-corrected chi connectivity index (χ0v) is 21.3. The number of nitrogens with one attached hydrogen (secondary N) is 1. The highest BCUT2D eigenvalue weighted by Crippen LogP contribution is 2.16. The van der Waals surface area contributed by atoms with Crippen LogP contribution in [0.15, 0.2) is 4.99 Å².